The molecule has 0 saturated carbocycles. The predicted octanol–water partition coefficient (Wildman–Crippen LogP) is 4.26. The Balaban J connectivity index is 1.57. The van der Waals surface area contributed by atoms with E-state index in [2.05, 4.69) is 21.5 Å². The van der Waals surface area contributed by atoms with Gasteiger partial charge in [0, 0.05) is 70.4 Å². The maximum Gasteiger partial charge on any atom is 0.417 e. The van der Waals surface area contributed by atoms with Crippen LogP contribution in [-0.2, 0) is 22.3 Å². The molecule has 2 saturated heterocycles. The fourth-order valence-electron chi connectivity index (χ4n) is 6.97. The highest BCUT2D eigenvalue weighted by molar-refractivity contribution is 7.99. The van der Waals surface area contributed by atoms with Crippen molar-refractivity contribution in [2.24, 2.45) is 5.41 Å². The molecule has 46 heavy (non-hydrogen) atoms. The molecule has 16 heteroatoms. The van der Waals surface area contributed by atoms with E-state index in [0.29, 0.717) is 6.07 Å². The zero-order chi connectivity index (χ0) is 32.9. The van der Waals surface area contributed by atoms with Gasteiger partial charge in [-0.05, 0) is 26.0 Å². The SMILES string of the molecule is C=CC(=O)N1[C@H](C)CN(c2nc(=O)n3c4c(c(-c5c(F)cc(F)c6[nH]c(=O)[nH]c56)c(C(F)(F)F)cc24)SCC2(COC2)C3)C[C@@H]1C. The van der Waals surface area contributed by atoms with E-state index in [1.54, 1.807) is 23.6 Å². The van der Waals surface area contributed by atoms with E-state index in [1.165, 1.54) is 10.6 Å². The molecule has 3 aliphatic heterocycles. The molecule has 2 aromatic carbocycles. The number of nitrogens with one attached hydrogen (secondary N) is 2. The molecule has 242 valence electrons. The molecule has 1 amide bonds. The number of ether oxygens (including phenoxy) is 1. The van der Waals surface area contributed by atoms with Crippen molar-refractivity contribution in [1.82, 2.24) is 24.4 Å². The minimum Gasteiger partial charge on any atom is -0.380 e. The molecule has 0 radical (unpaired) electrons. The molecule has 3 aliphatic rings. The summed E-state index contributed by atoms with van der Waals surface area (Å²) in [6.45, 7) is 8.03. The first-order valence-electron chi connectivity index (χ1n) is 14.4. The van der Waals surface area contributed by atoms with Gasteiger partial charge in [0.15, 0.2) is 5.82 Å². The number of thioether (sulfide) groups is 1. The van der Waals surface area contributed by atoms with Crippen LogP contribution in [0.3, 0.4) is 0 Å². The minimum absolute atomic E-state index is 0.000128. The molecule has 0 aliphatic carbocycles. The van der Waals surface area contributed by atoms with Gasteiger partial charge in [-0.3, -0.25) is 9.36 Å². The Bertz CT molecular complexity index is 2070. The quantitative estimate of drug-likeness (QED) is 0.249. The summed E-state index contributed by atoms with van der Waals surface area (Å²) in [5.41, 5.74) is -5.59. The molecule has 2 aromatic heterocycles. The molecular weight excluding hydrogens is 635 g/mol. The summed E-state index contributed by atoms with van der Waals surface area (Å²) >= 11 is 1.02. The highest BCUT2D eigenvalue weighted by Crippen LogP contribution is 2.52. The fraction of sp³-hybridized carbons (Fsp3) is 0.400. The van der Waals surface area contributed by atoms with Gasteiger partial charge in [0.1, 0.15) is 17.2 Å². The van der Waals surface area contributed by atoms with E-state index >= 15 is 17.6 Å². The first-order valence-corrected chi connectivity index (χ1v) is 15.4. The van der Waals surface area contributed by atoms with Crippen LogP contribution in [0.2, 0.25) is 0 Å². The zero-order valence-electron chi connectivity index (χ0n) is 24.6. The van der Waals surface area contributed by atoms with Crippen LogP contribution in [0.5, 0.6) is 0 Å². The average molecular weight is 663 g/mol. The maximum absolute atomic E-state index is 15.8. The van der Waals surface area contributed by atoms with Crippen molar-refractivity contribution in [1.29, 1.82) is 0 Å². The first kappa shape index (κ1) is 30.5. The number of nitrogens with zero attached hydrogens (tertiary/aromatic N) is 4. The van der Waals surface area contributed by atoms with E-state index in [0.717, 1.165) is 17.8 Å². The number of carbonyl (C=O) groups is 1. The van der Waals surface area contributed by atoms with Crippen LogP contribution in [-0.4, -0.2) is 74.5 Å². The van der Waals surface area contributed by atoms with Crippen LogP contribution < -0.4 is 16.3 Å². The molecule has 0 unspecified atom stereocenters. The smallest absolute Gasteiger partial charge is 0.380 e. The molecule has 1 spiro atoms. The van der Waals surface area contributed by atoms with Crippen molar-refractivity contribution in [2.45, 2.75) is 43.5 Å². The van der Waals surface area contributed by atoms with Gasteiger partial charge in [-0.2, -0.15) is 18.2 Å². The first-order chi connectivity index (χ1) is 21.7. The van der Waals surface area contributed by atoms with Crippen molar-refractivity contribution >= 4 is 45.4 Å². The topological polar surface area (TPSA) is 116 Å². The van der Waals surface area contributed by atoms with E-state index in [9.17, 15) is 18.8 Å². The summed E-state index contributed by atoms with van der Waals surface area (Å²) in [4.78, 5) is 50.6. The summed E-state index contributed by atoms with van der Waals surface area (Å²) in [5.74, 6) is -2.54. The van der Waals surface area contributed by atoms with E-state index in [-0.39, 0.29) is 66.1 Å². The monoisotopic (exact) mass is 662 g/mol. The maximum atomic E-state index is 15.8. The Morgan fingerprint density at radius 1 is 1.09 bits per heavy atom. The second-order valence-corrected chi connectivity index (χ2v) is 13.2. The third-order valence-corrected chi connectivity index (χ3v) is 10.4. The zero-order valence-corrected chi connectivity index (χ0v) is 25.4. The van der Waals surface area contributed by atoms with E-state index < -0.39 is 74.4 Å². The molecular formula is C30H27F5N6O4S. The van der Waals surface area contributed by atoms with Crippen molar-refractivity contribution in [3.63, 3.8) is 0 Å². The summed E-state index contributed by atoms with van der Waals surface area (Å²) in [5, 5.41) is 0.0136. The summed E-state index contributed by atoms with van der Waals surface area (Å²) in [7, 11) is 0. The number of piperazine rings is 1. The Kier molecular flexibility index (Phi) is 6.90. The summed E-state index contributed by atoms with van der Waals surface area (Å²) in [6, 6.07) is 0.473. The number of aromatic amines is 2. The van der Waals surface area contributed by atoms with Gasteiger partial charge in [0.2, 0.25) is 5.91 Å². The second kappa shape index (κ2) is 10.4. The van der Waals surface area contributed by atoms with Crippen LogP contribution in [0, 0.1) is 17.0 Å². The number of rotatable bonds is 3. The molecule has 5 heterocycles. The number of imidazole rings is 1. The van der Waals surface area contributed by atoms with Gasteiger partial charge in [-0.25, -0.2) is 18.4 Å². The highest BCUT2D eigenvalue weighted by Gasteiger charge is 2.45. The molecule has 2 atom stereocenters. The Hall–Kier alpha value is -4.18. The van der Waals surface area contributed by atoms with Crippen LogP contribution >= 0.6 is 11.8 Å². The molecule has 4 aromatic rings. The number of anilines is 1. The van der Waals surface area contributed by atoms with Gasteiger partial charge in [-0.1, -0.05) is 6.58 Å². The fourth-order valence-corrected chi connectivity index (χ4v) is 8.39. The lowest BCUT2D eigenvalue weighted by molar-refractivity contribution is -0.137. The van der Waals surface area contributed by atoms with Crippen molar-refractivity contribution < 1.29 is 31.5 Å². The Morgan fingerprint density at radius 3 is 2.37 bits per heavy atom. The van der Waals surface area contributed by atoms with Crippen molar-refractivity contribution in [2.75, 3.05) is 37.0 Å². The molecule has 2 fully saturated rings. The number of H-pyrrole nitrogens is 2. The van der Waals surface area contributed by atoms with Gasteiger partial charge < -0.3 is 24.5 Å². The lowest BCUT2D eigenvalue weighted by Gasteiger charge is -2.44. The normalized spacial score (nSPS) is 21.1. The highest BCUT2D eigenvalue weighted by atomic mass is 32.2. The van der Waals surface area contributed by atoms with Gasteiger partial charge in [0.05, 0.1) is 29.8 Å². The third kappa shape index (κ3) is 4.55. The number of halogens is 5. The van der Waals surface area contributed by atoms with Crippen molar-refractivity contribution in [3.05, 3.63) is 63.0 Å². The Morgan fingerprint density at radius 2 is 1.76 bits per heavy atom. The number of amides is 1. The van der Waals surface area contributed by atoms with E-state index in [4.69, 9.17) is 4.74 Å². The molecule has 10 nitrogen and oxygen atoms in total. The average Bonchev–Trinajstić information content (AvgIpc) is 3.24. The number of carbonyl (C=O) groups excluding carboxylic acids is 1. The van der Waals surface area contributed by atoms with E-state index in [1.807, 2.05) is 0 Å². The molecule has 2 N–H and O–H groups in total. The summed E-state index contributed by atoms with van der Waals surface area (Å²) in [6.07, 6.45) is -3.86. The second-order valence-electron chi connectivity index (χ2n) is 12.2. The predicted molar refractivity (Wildman–Crippen MR) is 161 cm³/mol. The van der Waals surface area contributed by atoms with Gasteiger partial charge >= 0.3 is 17.6 Å². The summed E-state index contributed by atoms with van der Waals surface area (Å²) < 4.78 is 82.7. The van der Waals surface area contributed by atoms with Crippen molar-refractivity contribution in [3.8, 4) is 11.1 Å². The largest absolute Gasteiger partial charge is 0.417 e. The van der Waals surface area contributed by atoms with Crippen LogP contribution in [0.4, 0.5) is 27.8 Å². The number of alkyl halides is 3. The van der Waals surface area contributed by atoms with Crippen LogP contribution in [0.15, 0.2) is 39.3 Å². The standard InChI is InChI=1S/C30H27F5N6O4S/c1-4-19(42)41-13(2)7-39(8-14(41)3)26-15-5-16(30(33,34)35)20(21-17(31)6-18(32)22-23(21)37-27(43)36-22)25-24(15)40(28(44)38-26)9-29(12-46-25)10-45-11-29/h4-6,13-14H,1,7-12H2,2-3H3,(H2,36,37,43)/t13-,14+. The number of fused-ring (bicyclic) bond motifs is 1. The molecule has 0 bridgehead atoms. The number of hydrogen-bond donors (Lipinski definition) is 2. The van der Waals surface area contributed by atoms with Gasteiger partial charge in [0.25, 0.3) is 0 Å². The molecule has 7 rings (SSSR count). The third-order valence-electron chi connectivity index (χ3n) is 8.94. The number of benzene rings is 2. The van der Waals surface area contributed by atoms with Gasteiger partial charge in [-0.15, -0.1) is 11.8 Å². The van der Waals surface area contributed by atoms with Crippen LogP contribution in [0.25, 0.3) is 33.1 Å². The lowest BCUT2D eigenvalue weighted by Crippen LogP contribution is -2.58. The number of hydrogen-bond acceptors (Lipinski definition) is 7. The lowest BCUT2D eigenvalue weighted by atomic mass is 9.88. The minimum atomic E-state index is -5.05. The number of aromatic nitrogens is 4. The Labute approximate surface area is 261 Å². The van der Waals surface area contributed by atoms with Crippen LogP contribution in [0.1, 0.15) is 19.4 Å².